The van der Waals surface area contributed by atoms with Gasteiger partial charge in [0.05, 0.1) is 0 Å². The van der Waals surface area contributed by atoms with Crippen molar-refractivity contribution in [3.63, 3.8) is 0 Å². The van der Waals surface area contributed by atoms with Gasteiger partial charge in [0.25, 0.3) is 0 Å². The van der Waals surface area contributed by atoms with Crippen LogP contribution in [0.3, 0.4) is 0 Å². The molecule has 0 saturated heterocycles. The Labute approximate surface area is 62.5 Å². The van der Waals surface area contributed by atoms with Gasteiger partial charge in [-0.2, -0.15) is 0 Å². The maximum atomic E-state index is 8.26. The van der Waals surface area contributed by atoms with Crippen LogP contribution in [0.15, 0.2) is 0 Å². The van der Waals surface area contributed by atoms with Gasteiger partial charge in [-0.1, -0.05) is 0 Å². The van der Waals surface area contributed by atoms with Gasteiger partial charge in [0.15, 0.2) is 0 Å². The van der Waals surface area contributed by atoms with Crippen LogP contribution < -0.4 is 0 Å². The third-order valence-electron chi connectivity index (χ3n) is 0. The first kappa shape index (κ1) is 17.1. The second-order valence-corrected chi connectivity index (χ2v) is 0. The van der Waals surface area contributed by atoms with Crippen LogP contribution in [-0.4, -0.2) is 23.1 Å². The Morgan fingerprint density at radius 3 is 1.25 bits per heavy atom. The molecule has 1 nitrogen and oxygen atoms in total. The summed E-state index contributed by atoms with van der Waals surface area (Å²) in [6, 6.07) is 0. The predicted octanol–water partition coefficient (Wildman–Crippen LogP) is -1.04. The average Bonchev–Trinajstić information content (AvgIpc) is 1.00. The molecule has 0 amide bonds. The fraction of sp³-hybridized carbons (Fsp3) is 0. The molecule has 0 spiro atoms. The van der Waals surface area contributed by atoms with Gasteiger partial charge in [0, 0.05) is 16.8 Å². The summed E-state index contributed by atoms with van der Waals surface area (Å²) in [6.07, 6.45) is 0. The Morgan fingerprint density at radius 1 is 1.25 bits per heavy atom. The SMILES string of the molecule is [Co].[MgH2].[O]=[Mo]. The number of hydrogen-bond acceptors (Lipinski definition) is 1. The predicted molar refractivity (Wildman–Crippen MR) is 9.23 cm³/mol. The first-order valence-electron chi connectivity index (χ1n) is 0.167. The van der Waals surface area contributed by atoms with E-state index in [9.17, 15) is 0 Å². The third kappa shape index (κ3) is 9.25. The Hall–Kier alpha value is 1.76. The normalized spacial score (nSPS) is 1.00. The molecule has 0 aromatic rings. The molecule has 0 heterocycles. The quantitative estimate of drug-likeness (QED) is 0.453. The van der Waals surface area contributed by atoms with Crippen LogP contribution in [0.4, 0.5) is 0 Å². The van der Waals surface area contributed by atoms with E-state index in [-0.39, 0.29) is 39.8 Å². The summed E-state index contributed by atoms with van der Waals surface area (Å²) in [5.41, 5.74) is 0. The molecule has 0 aromatic carbocycles. The summed E-state index contributed by atoms with van der Waals surface area (Å²) in [5, 5.41) is 0. The van der Waals surface area contributed by atoms with Gasteiger partial charge in [-0.15, -0.1) is 0 Å². The van der Waals surface area contributed by atoms with Gasteiger partial charge < -0.3 is 0 Å². The zero-order chi connectivity index (χ0) is 2.00. The van der Waals surface area contributed by atoms with E-state index in [0.29, 0.717) is 19.8 Å². The summed E-state index contributed by atoms with van der Waals surface area (Å²) in [5.74, 6) is 0. The minimum atomic E-state index is 0. The van der Waals surface area contributed by atoms with Crippen molar-refractivity contribution in [3.05, 3.63) is 0 Å². The van der Waals surface area contributed by atoms with Crippen molar-refractivity contribution in [2.24, 2.45) is 0 Å². The molecule has 0 aliphatic rings. The zero-order valence-electron chi connectivity index (χ0n) is 1.15. The van der Waals surface area contributed by atoms with Gasteiger partial charge in [-0.05, 0) is 0 Å². The van der Waals surface area contributed by atoms with Crippen LogP contribution in [0.5, 0.6) is 0 Å². The van der Waals surface area contributed by atoms with Gasteiger partial charge in [-0.25, -0.2) is 0 Å². The van der Waals surface area contributed by atoms with Crippen LogP contribution in [0, 0.1) is 0 Å². The standard InChI is InChI=1S/Co.Mg.Mo.O.2H. The first-order chi connectivity index (χ1) is 1.00. The van der Waals surface area contributed by atoms with Crippen molar-refractivity contribution in [2.75, 3.05) is 0 Å². The third-order valence-corrected chi connectivity index (χ3v) is 0. The van der Waals surface area contributed by atoms with Gasteiger partial charge in [-0.3, -0.25) is 0 Å². The van der Waals surface area contributed by atoms with Gasteiger partial charge in [0.1, 0.15) is 0 Å². The van der Waals surface area contributed by atoms with E-state index < -0.39 is 0 Å². The topological polar surface area (TPSA) is 17.1 Å². The average molecular weight is 197 g/mol. The molecule has 0 aliphatic carbocycles. The molecule has 1 radical (unpaired) electrons. The molecule has 0 N–H and O–H groups in total. The molecule has 0 fully saturated rings. The molecule has 4 heavy (non-hydrogen) atoms. The Kier molecular flexibility index (Phi) is 93.0. The van der Waals surface area contributed by atoms with Gasteiger partial charge >= 0.3 is 46.2 Å². The van der Waals surface area contributed by atoms with Crippen molar-refractivity contribution in [3.8, 4) is 0 Å². The van der Waals surface area contributed by atoms with E-state index >= 15 is 0 Å². The molecule has 0 saturated carbocycles. The fourth-order valence-electron chi connectivity index (χ4n) is 0. The fourth-order valence-corrected chi connectivity index (χ4v) is 0. The molecule has 4 heteroatoms. The molecule has 0 bridgehead atoms. The van der Waals surface area contributed by atoms with E-state index in [0.717, 1.165) is 0 Å². The second-order valence-electron chi connectivity index (χ2n) is 0. The van der Waals surface area contributed by atoms with Crippen molar-refractivity contribution in [1.29, 1.82) is 0 Å². The summed E-state index contributed by atoms with van der Waals surface area (Å²) in [6.45, 7) is 0. The first-order valence-corrected chi connectivity index (χ1v) is 0.986. The molecular weight excluding hydrogens is 195 g/mol. The molecule has 0 aromatic heterocycles. The Bertz CT molecular complexity index is 8.00. The monoisotopic (exact) mass is 199 g/mol. The Balaban J connectivity index is -0.00000000500. The van der Waals surface area contributed by atoms with Crippen molar-refractivity contribution >= 4 is 23.1 Å². The van der Waals surface area contributed by atoms with Crippen LogP contribution in [0.1, 0.15) is 0 Å². The second kappa shape index (κ2) is 21.7. The molecular formula is H2CoMgMoO. The van der Waals surface area contributed by atoms with Crippen LogP contribution in [-0.2, 0) is 40.0 Å². The molecule has 0 atom stereocenters. The zero-order valence-corrected chi connectivity index (χ0v) is 4.20. The summed E-state index contributed by atoms with van der Waals surface area (Å²) in [4.78, 5) is 0. The number of hydrogen-bond donors (Lipinski definition) is 0. The molecule has 0 unspecified atom stereocenters. The van der Waals surface area contributed by atoms with Crippen LogP contribution in [0.25, 0.3) is 0 Å². The van der Waals surface area contributed by atoms with Gasteiger partial charge in [0.2, 0.25) is 0 Å². The summed E-state index contributed by atoms with van der Waals surface area (Å²) >= 11 is 0.700. The van der Waals surface area contributed by atoms with E-state index in [1.807, 2.05) is 0 Å². The van der Waals surface area contributed by atoms with Crippen molar-refractivity contribution in [1.82, 2.24) is 0 Å². The van der Waals surface area contributed by atoms with E-state index in [2.05, 4.69) is 0 Å². The maximum absolute atomic E-state index is 8.26. The summed E-state index contributed by atoms with van der Waals surface area (Å²) in [7, 11) is 0. The minimum absolute atomic E-state index is 0. The van der Waals surface area contributed by atoms with E-state index in [1.54, 1.807) is 0 Å². The molecule has 0 rings (SSSR count). The Morgan fingerprint density at radius 2 is 1.25 bits per heavy atom. The van der Waals surface area contributed by atoms with E-state index in [1.165, 1.54) is 0 Å². The van der Waals surface area contributed by atoms with Crippen LogP contribution in [0.2, 0.25) is 0 Å². The van der Waals surface area contributed by atoms with E-state index in [4.69, 9.17) is 3.40 Å². The van der Waals surface area contributed by atoms with Crippen molar-refractivity contribution < 1.29 is 40.0 Å². The van der Waals surface area contributed by atoms with Crippen molar-refractivity contribution in [2.45, 2.75) is 0 Å². The van der Waals surface area contributed by atoms with Crippen LogP contribution >= 0.6 is 0 Å². The molecule has 25 valence electrons. The summed E-state index contributed by atoms with van der Waals surface area (Å²) < 4.78 is 8.26. The number of rotatable bonds is 0. The molecule has 0 aliphatic heterocycles.